The molecule has 1 fully saturated rings. The molecule has 1 N–H and O–H groups in total. The number of esters is 1. The molecule has 0 radical (unpaired) electrons. The Balaban J connectivity index is 1.87. The highest BCUT2D eigenvalue weighted by molar-refractivity contribution is 7.17. The summed E-state index contributed by atoms with van der Waals surface area (Å²) in [6.45, 7) is 7.64. The Morgan fingerprint density at radius 1 is 1.24 bits per heavy atom. The van der Waals surface area contributed by atoms with Crippen LogP contribution in [0.3, 0.4) is 0 Å². The van der Waals surface area contributed by atoms with E-state index < -0.39 is 23.7 Å². The Morgan fingerprint density at radius 2 is 2.00 bits per heavy atom. The molecular formula is C27H25N3O6S. The van der Waals surface area contributed by atoms with Crippen molar-refractivity contribution in [1.82, 2.24) is 9.97 Å². The number of hydrogen-bond acceptors (Lipinski definition) is 9. The minimum absolute atomic E-state index is 0.0203. The van der Waals surface area contributed by atoms with E-state index in [0.29, 0.717) is 29.2 Å². The van der Waals surface area contributed by atoms with Crippen LogP contribution in [0.15, 0.2) is 67.0 Å². The van der Waals surface area contributed by atoms with E-state index in [9.17, 15) is 19.5 Å². The quantitative estimate of drug-likeness (QED) is 0.143. The Hall–Kier alpha value is -4.31. The molecule has 37 heavy (non-hydrogen) atoms. The molecule has 1 saturated heterocycles. The summed E-state index contributed by atoms with van der Waals surface area (Å²) in [5, 5.41) is 11.3. The maximum Gasteiger partial charge on any atom is 0.350 e. The van der Waals surface area contributed by atoms with Gasteiger partial charge in [0.1, 0.15) is 23.0 Å². The highest BCUT2D eigenvalue weighted by atomic mass is 32.1. The van der Waals surface area contributed by atoms with E-state index in [4.69, 9.17) is 9.47 Å². The molecule has 190 valence electrons. The molecule has 1 unspecified atom stereocenters. The number of carbonyl (C=O) groups excluding carboxylic acids is 3. The average Bonchev–Trinajstić information content (AvgIpc) is 3.42. The highest BCUT2D eigenvalue weighted by Gasteiger charge is 2.48. The SMILES string of the molecule is C=CCOC(=O)c1sc(N2C(=O)C(=O)C(=C(O)c3ccncc3)C2c2cccc(OCCC)c2)nc1C. The highest BCUT2D eigenvalue weighted by Crippen LogP contribution is 2.44. The number of amides is 1. The lowest BCUT2D eigenvalue weighted by molar-refractivity contribution is -0.132. The number of aliphatic hydroxyl groups is 1. The number of rotatable bonds is 9. The summed E-state index contributed by atoms with van der Waals surface area (Å²) in [5.74, 6) is -2.14. The van der Waals surface area contributed by atoms with Gasteiger partial charge in [-0.15, -0.1) is 0 Å². The van der Waals surface area contributed by atoms with Gasteiger partial charge in [-0.25, -0.2) is 9.78 Å². The lowest BCUT2D eigenvalue weighted by atomic mass is 9.95. The third-order valence-electron chi connectivity index (χ3n) is 5.55. The first kappa shape index (κ1) is 25.8. The number of hydrogen-bond donors (Lipinski definition) is 1. The van der Waals surface area contributed by atoms with Gasteiger partial charge < -0.3 is 14.6 Å². The lowest BCUT2D eigenvalue weighted by Gasteiger charge is -2.23. The van der Waals surface area contributed by atoms with Gasteiger partial charge in [0.25, 0.3) is 5.78 Å². The molecule has 1 amide bonds. The number of nitrogens with zero attached hydrogens (tertiary/aromatic N) is 3. The molecule has 1 aliphatic rings. The van der Waals surface area contributed by atoms with Crippen molar-refractivity contribution >= 4 is 39.9 Å². The van der Waals surface area contributed by atoms with Gasteiger partial charge in [0.2, 0.25) is 0 Å². The number of aromatic nitrogens is 2. The minimum atomic E-state index is -1.01. The van der Waals surface area contributed by atoms with E-state index in [1.807, 2.05) is 6.92 Å². The predicted molar refractivity (Wildman–Crippen MR) is 139 cm³/mol. The molecule has 1 atom stereocenters. The molecule has 3 aromatic rings. The summed E-state index contributed by atoms with van der Waals surface area (Å²) in [4.78, 5) is 49.0. The van der Waals surface area contributed by atoms with Crippen LogP contribution in [0.25, 0.3) is 5.76 Å². The van der Waals surface area contributed by atoms with Gasteiger partial charge in [-0.05, 0) is 43.2 Å². The maximum absolute atomic E-state index is 13.4. The van der Waals surface area contributed by atoms with E-state index in [-0.39, 0.29) is 27.9 Å². The van der Waals surface area contributed by atoms with E-state index >= 15 is 0 Å². The number of Topliss-reactive ketones (excluding diaryl/α,β-unsaturated/α-hetero) is 1. The largest absolute Gasteiger partial charge is 0.507 e. The standard InChI is InChI=1S/C27H25N3O6S/c1-4-13-35-19-8-6-7-18(15-19)21-20(22(31)17-9-11-28-12-10-17)23(32)25(33)30(21)27-29-16(3)24(37-27)26(34)36-14-5-2/h5-12,15,21,31H,2,4,13-14H2,1,3H3. The molecule has 9 nitrogen and oxygen atoms in total. The van der Waals surface area contributed by atoms with Crippen molar-refractivity contribution in [3.63, 3.8) is 0 Å². The molecule has 2 aromatic heterocycles. The van der Waals surface area contributed by atoms with Crippen molar-refractivity contribution in [2.45, 2.75) is 26.3 Å². The molecule has 1 aliphatic heterocycles. The van der Waals surface area contributed by atoms with Gasteiger partial charge in [-0.2, -0.15) is 0 Å². The summed E-state index contributed by atoms with van der Waals surface area (Å²) in [6.07, 6.45) is 5.20. The number of ketones is 1. The van der Waals surface area contributed by atoms with Crippen LogP contribution in [-0.2, 0) is 14.3 Å². The summed E-state index contributed by atoms with van der Waals surface area (Å²) in [7, 11) is 0. The number of benzene rings is 1. The second-order valence-corrected chi connectivity index (χ2v) is 9.10. The van der Waals surface area contributed by atoms with Crippen LogP contribution in [0.2, 0.25) is 0 Å². The zero-order valence-corrected chi connectivity index (χ0v) is 21.2. The molecule has 0 bridgehead atoms. The fourth-order valence-corrected chi connectivity index (χ4v) is 4.87. The lowest BCUT2D eigenvalue weighted by Crippen LogP contribution is -2.29. The van der Waals surface area contributed by atoms with Gasteiger partial charge in [-0.3, -0.25) is 19.5 Å². The number of aliphatic hydroxyl groups excluding tert-OH is 1. The van der Waals surface area contributed by atoms with Crippen LogP contribution in [0.5, 0.6) is 5.75 Å². The molecule has 0 spiro atoms. The average molecular weight is 520 g/mol. The number of pyridine rings is 1. The van der Waals surface area contributed by atoms with E-state index in [1.165, 1.54) is 23.4 Å². The van der Waals surface area contributed by atoms with Crippen molar-refractivity contribution in [2.75, 3.05) is 18.1 Å². The van der Waals surface area contributed by atoms with Crippen LogP contribution in [0, 0.1) is 6.92 Å². The van der Waals surface area contributed by atoms with Crippen LogP contribution in [-0.4, -0.2) is 45.9 Å². The Kier molecular flexibility index (Phi) is 7.78. The van der Waals surface area contributed by atoms with Crippen molar-refractivity contribution in [1.29, 1.82) is 0 Å². The molecule has 0 saturated carbocycles. The molecule has 10 heteroatoms. The summed E-state index contributed by atoms with van der Waals surface area (Å²) >= 11 is 0.935. The molecular weight excluding hydrogens is 494 g/mol. The minimum Gasteiger partial charge on any atom is -0.507 e. The van der Waals surface area contributed by atoms with E-state index in [0.717, 1.165) is 17.8 Å². The van der Waals surface area contributed by atoms with Crippen molar-refractivity contribution in [2.24, 2.45) is 0 Å². The first-order valence-corrected chi connectivity index (χ1v) is 12.4. The van der Waals surface area contributed by atoms with Gasteiger partial charge in [0.05, 0.1) is 23.9 Å². The van der Waals surface area contributed by atoms with E-state index in [1.54, 1.807) is 43.3 Å². The zero-order chi connectivity index (χ0) is 26.5. The van der Waals surface area contributed by atoms with Gasteiger partial charge in [-0.1, -0.05) is 43.0 Å². The second kappa shape index (κ2) is 11.2. The fourth-order valence-electron chi connectivity index (χ4n) is 3.88. The molecule has 0 aliphatic carbocycles. The summed E-state index contributed by atoms with van der Waals surface area (Å²) < 4.78 is 10.9. The van der Waals surface area contributed by atoms with Crippen LogP contribution in [0.4, 0.5) is 5.13 Å². The summed E-state index contributed by atoms with van der Waals surface area (Å²) in [5.41, 5.74) is 1.11. The molecule has 3 heterocycles. The van der Waals surface area contributed by atoms with E-state index in [2.05, 4.69) is 16.5 Å². The number of thiazole rings is 1. The van der Waals surface area contributed by atoms with Crippen LogP contribution < -0.4 is 9.64 Å². The number of aryl methyl sites for hydroxylation is 1. The Morgan fingerprint density at radius 3 is 2.70 bits per heavy atom. The van der Waals surface area contributed by atoms with Crippen LogP contribution >= 0.6 is 11.3 Å². The smallest absolute Gasteiger partial charge is 0.350 e. The van der Waals surface area contributed by atoms with Crippen molar-refractivity contribution in [3.05, 3.63) is 88.7 Å². The monoisotopic (exact) mass is 519 g/mol. The van der Waals surface area contributed by atoms with Crippen molar-refractivity contribution in [3.8, 4) is 5.75 Å². The van der Waals surface area contributed by atoms with Gasteiger partial charge >= 0.3 is 11.9 Å². The predicted octanol–water partition coefficient (Wildman–Crippen LogP) is 4.60. The first-order chi connectivity index (χ1) is 17.9. The molecule has 1 aromatic carbocycles. The number of anilines is 1. The van der Waals surface area contributed by atoms with Gasteiger partial charge in [0, 0.05) is 18.0 Å². The third kappa shape index (κ3) is 5.14. The number of carbonyl (C=O) groups is 3. The first-order valence-electron chi connectivity index (χ1n) is 11.6. The number of ether oxygens (including phenoxy) is 2. The summed E-state index contributed by atoms with van der Waals surface area (Å²) in [6, 6.07) is 9.05. The molecule has 4 rings (SSSR count). The maximum atomic E-state index is 13.4. The van der Waals surface area contributed by atoms with Gasteiger partial charge in [0.15, 0.2) is 5.13 Å². The third-order valence-corrected chi connectivity index (χ3v) is 6.69. The zero-order valence-electron chi connectivity index (χ0n) is 20.3. The fraction of sp³-hybridized carbons (Fsp3) is 0.222. The normalized spacial score (nSPS) is 16.6. The van der Waals surface area contributed by atoms with Crippen LogP contribution in [0.1, 0.15) is 45.9 Å². The van der Waals surface area contributed by atoms with Crippen molar-refractivity contribution < 1.29 is 29.0 Å². The Bertz CT molecular complexity index is 1380. The Labute approximate surface area is 217 Å². The second-order valence-electron chi connectivity index (χ2n) is 8.12. The topological polar surface area (TPSA) is 119 Å².